The van der Waals surface area contributed by atoms with E-state index in [2.05, 4.69) is 19.2 Å². The van der Waals surface area contributed by atoms with Crippen molar-refractivity contribution in [2.24, 2.45) is 19.5 Å². The average Bonchev–Trinajstić information content (AvgIpc) is 2.62. The van der Waals surface area contributed by atoms with Crippen LogP contribution in [0, 0.1) is 12.3 Å². The molecule has 0 radical (unpaired) electrons. The van der Waals surface area contributed by atoms with Crippen LogP contribution >= 0.6 is 0 Å². The summed E-state index contributed by atoms with van der Waals surface area (Å²) in [6.45, 7) is 6.12. The van der Waals surface area contributed by atoms with Crippen LogP contribution in [-0.2, 0) is 18.9 Å². The van der Waals surface area contributed by atoms with Crippen molar-refractivity contribution in [1.82, 2.24) is 9.13 Å². The first kappa shape index (κ1) is 18.5. The van der Waals surface area contributed by atoms with E-state index in [1.807, 2.05) is 31.2 Å². The largest absolute Gasteiger partial charge is 0.344 e. The molecule has 2 heterocycles. The van der Waals surface area contributed by atoms with Gasteiger partial charge in [0.05, 0.1) is 5.56 Å². The Morgan fingerprint density at radius 1 is 1.07 bits per heavy atom. The number of fused-ring (bicyclic) bond motifs is 1. The topological polar surface area (TPSA) is 73.1 Å². The van der Waals surface area contributed by atoms with Crippen LogP contribution in [0.3, 0.4) is 0 Å². The van der Waals surface area contributed by atoms with Crippen molar-refractivity contribution in [2.45, 2.75) is 39.5 Å². The minimum absolute atomic E-state index is 0.0619. The highest BCUT2D eigenvalue weighted by Gasteiger charge is 2.42. The number of nitrogens with one attached hydrogen (secondary N) is 1. The number of benzene rings is 1. The summed E-state index contributed by atoms with van der Waals surface area (Å²) < 4.78 is 2.58. The van der Waals surface area contributed by atoms with Gasteiger partial charge in [0.15, 0.2) is 5.78 Å². The van der Waals surface area contributed by atoms with Crippen molar-refractivity contribution in [3.63, 3.8) is 0 Å². The first-order chi connectivity index (χ1) is 13.1. The Morgan fingerprint density at radius 3 is 2.46 bits per heavy atom. The van der Waals surface area contributed by atoms with Crippen molar-refractivity contribution in [1.29, 1.82) is 0 Å². The van der Waals surface area contributed by atoms with Crippen molar-refractivity contribution in [3.8, 4) is 0 Å². The quantitative estimate of drug-likeness (QED) is 0.827. The first-order valence-corrected chi connectivity index (χ1v) is 9.50. The number of rotatable bonds is 1. The summed E-state index contributed by atoms with van der Waals surface area (Å²) in [6.07, 6.45) is 1.14. The Bertz CT molecular complexity index is 1160. The van der Waals surface area contributed by atoms with Gasteiger partial charge < -0.3 is 5.32 Å². The Morgan fingerprint density at radius 2 is 1.79 bits per heavy atom. The fraction of sp³-hybridized carbons (Fsp3) is 0.409. The number of anilines is 1. The molecule has 2 aromatic rings. The van der Waals surface area contributed by atoms with E-state index in [1.165, 1.54) is 11.6 Å². The molecule has 1 aliphatic carbocycles. The van der Waals surface area contributed by atoms with E-state index < -0.39 is 5.92 Å². The van der Waals surface area contributed by atoms with Crippen LogP contribution in [0.15, 0.2) is 45.1 Å². The summed E-state index contributed by atoms with van der Waals surface area (Å²) in [6, 6.07) is 7.90. The number of nitrogens with zero attached hydrogens (tertiary/aromatic N) is 2. The van der Waals surface area contributed by atoms with E-state index in [0.29, 0.717) is 29.8 Å². The Kier molecular flexibility index (Phi) is 4.00. The van der Waals surface area contributed by atoms with Gasteiger partial charge in [-0.05, 0) is 24.3 Å². The maximum Gasteiger partial charge on any atom is 0.332 e. The minimum atomic E-state index is -0.472. The van der Waals surface area contributed by atoms with Gasteiger partial charge in [-0.2, -0.15) is 0 Å². The number of hydrogen-bond donors (Lipinski definition) is 1. The zero-order valence-corrected chi connectivity index (χ0v) is 16.9. The van der Waals surface area contributed by atoms with E-state index >= 15 is 0 Å². The molecule has 28 heavy (non-hydrogen) atoms. The second-order valence-corrected chi connectivity index (χ2v) is 8.77. The predicted octanol–water partition coefficient (Wildman–Crippen LogP) is 2.59. The molecule has 1 aromatic heterocycles. The molecular formula is C22H25N3O3. The fourth-order valence-corrected chi connectivity index (χ4v) is 4.53. The fourth-order valence-electron chi connectivity index (χ4n) is 4.53. The van der Waals surface area contributed by atoms with Crippen LogP contribution in [0.4, 0.5) is 5.82 Å². The molecule has 0 bridgehead atoms. The van der Waals surface area contributed by atoms with E-state index in [4.69, 9.17) is 0 Å². The van der Waals surface area contributed by atoms with E-state index in [-0.39, 0.29) is 22.4 Å². The van der Waals surface area contributed by atoms with Crippen molar-refractivity contribution in [2.75, 3.05) is 5.32 Å². The highest BCUT2D eigenvalue weighted by Crippen LogP contribution is 2.47. The molecule has 1 atom stereocenters. The molecular weight excluding hydrogens is 354 g/mol. The molecule has 6 heteroatoms. The third kappa shape index (κ3) is 2.66. The summed E-state index contributed by atoms with van der Waals surface area (Å²) in [7, 11) is 3.14. The molecule has 0 saturated heterocycles. The van der Waals surface area contributed by atoms with E-state index in [9.17, 15) is 14.4 Å². The summed E-state index contributed by atoms with van der Waals surface area (Å²) in [5.74, 6) is 0.0796. The van der Waals surface area contributed by atoms with E-state index in [1.54, 1.807) is 7.05 Å². The molecule has 1 N–H and O–H groups in total. The van der Waals surface area contributed by atoms with Crippen LogP contribution in [0.25, 0.3) is 0 Å². The normalized spacial score (nSPS) is 20.5. The average molecular weight is 379 g/mol. The number of aryl methyl sites for hydroxylation is 1. The number of hydrogen-bond acceptors (Lipinski definition) is 4. The maximum absolute atomic E-state index is 13.2. The molecule has 0 spiro atoms. The van der Waals surface area contributed by atoms with Crippen molar-refractivity contribution >= 4 is 11.6 Å². The summed E-state index contributed by atoms with van der Waals surface area (Å²) >= 11 is 0. The lowest BCUT2D eigenvalue weighted by atomic mass is 9.69. The Labute approximate surface area is 163 Å². The van der Waals surface area contributed by atoms with Gasteiger partial charge >= 0.3 is 5.69 Å². The van der Waals surface area contributed by atoms with Crippen LogP contribution in [0.2, 0.25) is 0 Å². The van der Waals surface area contributed by atoms with Gasteiger partial charge in [-0.3, -0.25) is 18.7 Å². The van der Waals surface area contributed by atoms with Gasteiger partial charge in [0.2, 0.25) is 0 Å². The minimum Gasteiger partial charge on any atom is -0.344 e. The van der Waals surface area contributed by atoms with Crippen LogP contribution < -0.4 is 16.6 Å². The number of carbonyl (C=O) groups excluding carboxylic acids is 1. The van der Waals surface area contributed by atoms with Gasteiger partial charge in [0.25, 0.3) is 5.56 Å². The van der Waals surface area contributed by atoms with Gasteiger partial charge in [0, 0.05) is 37.7 Å². The molecule has 0 fully saturated rings. The summed E-state index contributed by atoms with van der Waals surface area (Å²) in [4.78, 5) is 38.8. The second kappa shape index (κ2) is 6.06. The second-order valence-electron chi connectivity index (χ2n) is 8.77. The number of aromatic nitrogens is 2. The molecule has 146 valence electrons. The highest BCUT2D eigenvalue weighted by molar-refractivity contribution is 6.01. The Hall–Kier alpha value is -2.89. The van der Waals surface area contributed by atoms with Gasteiger partial charge in [-0.1, -0.05) is 43.7 Å². The number of Topliss-reactive ketones (excluding diaryl/α,β-unsaturated/α-hetero) is 1. The Balaban J connectivity index is 2.09. The van der Waals surface area contributed by atoms with Gasteiger partial charge in [-0.25, -0.2) is 4.79 Å². The number of allylic oxidation sites excluding steroid dienone is 2. The molecule has 0 unspecified atom stereocenters. The van der Waals surface area contributed by atoms with Crippen LogP contribution in [-0.4, -0.2) is 14.9 Å². The molecule has 2 aliphatic rings. The molecule has 1 aliphatic heterocycles. The van der Waals surface area contributed by atoms with Crippen LogP contribution in [0.1, 0.15) is 49.3 Å². The van der Waals surface area contributed by atoms with Crippen molar-refractivity contribution < 1.29 is 4.79 Å². The maximum atomic E-state index is 13.2. The molecule has 6 nitrogen and oxygen atoms in total. The smallest absolute Gasteiger partial charge is 0.332 e. The number of carbonyl (C=O) groups is 1. The molecule has 0 saturated carbocycles. The first-order valence-electron chi connectivity index (χ1n) is 9.50. The SMILES string of the molecule is Cc1cccc([C@H]2C3=C(CC(C)(C)CC3=O)Nc3c2c(=O)n(C)c(=O)n3C)c1. The van der Waals surface area contributed by atoms with Gasteiger partial charge in [0.1, 0.15) is 5.82 Å². The predicted molar refractivity (Wildman–Crippen MR) is 109 cm³/mol. The lowest BCUT2D eigenvalue weighted by Crippen LogP contribution is -2.45. The lowest BCUT2D eigenvalue weighted by Gasteiger charge is -2.39. The monoisotopic (exact) mass is 379 g/mol. The molecule has 4 rings (SSSR count). The van der Waals surface area contributed by atoms with Gasteiger partial charge in [-0.15, -0.1) is 0 Å². The van der Waals surface area contributed by atoms with E-state index in [0.717, 1.165) is 21.4 Å². The summed E-state index contributed by atoms with van der Waals surface area (Å²) in [5.41, 5.74) is 2.99. The zero-order chi connectivity index (χ0) is 20.4. The third-order valence-electron chi connectivity index (χ3n) is 5.84. The lowest BCUT2D eigenvalue weighted by molar-refractivity contribution is -0.118. The highest BCUT2D eigenvalue weighted by atomic mass is 16.2. The molecule has 0 amide bonds. The standard InChI is InChI=1S/C22H25N3O3/c1-12-7-6-8-13(9-12)16-17-14(10-22(2,3)11-15(17)26)23-19-18(16)20(27)25(5)21(28)24(19)4/h6-9,16,23H,10-11H2,1-5H3/t16-/m0/s1. The van der Waals surface area contributed by atoms with Crippen LogP contribution in [0.5, 0.6) is 0 Å². The zero-order valence-electron chi connectivity index (χ0n) is 16.9. The summed E-state index contributed by atoms with van der Waals surface area (Å²) in [5, 5.41) is 3.28. The molecule has 1 aromatic carbocycles. The van der Waals surface area contributed by atoms with Crippen molar-refractivity contribution in [3.05, 3.63) is 73.1 Å². The third-order valence-corrected chi connectivity index (χ3v) is 5.84. The number of ketones is 1.